The Morgan fingerprint density at radius 3 is 2.78 bits per heavy atom. The molecule has 0 radical (unpaired) electrons. The fourth-order valence-corrected chi connectivity index (χ4v) is 2.44. The average molecular weight is 249 g/mol. The highest BCUT2D eigenvalue weighted by Gasteiger charge is 2.33. The first-order valence-corrected chi connectivity index (χ1v) is 6.08. The smallest absolute Gasteiger partial charge is 0.227 e. The minimum Gasteiger partial charge on any atom is -0.486 e. The van der Waals surface area contributed by atoms with Crippen molar-refractivity contribution in [3.63, 3.8) is 0 Å². The number of aliphatic hydroxyl groups excluding tert-OH is 1. The van der Waals surface area contributed by atoms with E-state index in [0.717, 1.165) is 11.3 Å². The van der Waals surface area contributed by atoms with Crippen molar-refractivity contribution in [1.82, 2.24) is 5.32 Å². The van der Waals surface area contributed by atoms with E-state index in [1.54, 1.807) is 0 Å². The third kappa shape index (κ3) is 1.90. The number of rotatable bonds is 2. The second-order valence-corrected chi connectivity index (χ2v) is 4.58. The molecule has 2 heterocycles. The first kappa shape index (κ1) is 11.3. The Hall–Kier alpha value is -1.75. The lowest BCUT2D eigenvalue weighted by molar-refractivity contribution is -0.120. The predicted octanol–water partition coefficient (Wildman–Crippen LogP) is 0.422. The van der Waals surface area contributed by atoms with Gasteiger partial charge in [0.1, 0.15) is 13.2 Å². The normalized spacial score (nSPS) is 25.9. The van der Waals surface area contributed by atoms with Crippen LogP contribution in [0, 0.1) is 0 Å². The van der Waals surface area contributed by atoms with Gasteiger partial charge in [0.25, 0.3) is 0 Å². The summed E-state index contributed by atoms with van der Waals surface area (Å²) in [5.41, 5.74) is 0.910. The number of ether oxygens (including phenoxy) is 2. The highest BCUT2D eigenvalue weighted by Crippen LogP contribution is 2.35. The van der Waals surface area contributed by atoms with Crippen LogP contribution >= 0.6 is 0 Å². The first-order chi connectivity index (χ1) is 8.78. The summed E-state index contributed by atoms with van der Waals surface area (Å²) in [7, 11) is 0. The first-order valence-electron chi connectivity index (χ1n) is 6.08. The molecule has 0 aromatic heterocycles. The molecule has 2 N–H and O–H groups in total. The van der Waals surface area contributed by atoms with Gasteiger partial charge in [0, 0.05) is 0 Å². The van der Waals surface area contributed by atoms with Gasteiger partial charge in [-0.25, -0.2) is 0 Å². The standard InChI is InChI=1S/C13H15NO4/c15-7-9-6-10(13(16)14-9)8-1-2-11-12(5-8)18-4-3-17-11/h1-2,5,9-10,15H,3-4,6-7H2,(H,14,16)/t9?,10-/m0/s1. The molecule has 2 atom stereocenters. The molecular formula is C13H15NO4. The van der Waals surface area contributed by atoms with E-state index in [9.17, 15) is 4.79 Å². The number of benzene rings is 1. The van der Waals surface area contributed by atoms with Crippen LogP contribution < -0.4 is 14.8 Å². The van der Waals surface area contributed by atoms with Crippen molar-refractivity contribution in [3.8, 4) is 11.5 Å². The Morgan fingerprint density at radius 1 is 1.28 bits per heavy atom. The van der Waals surface area contributed by atoms with Crippen LogP contribution in [0.15, 0.2) is 18.2 Å². The van der Waals surface area contributed by atoms with Crippen molar-refractivity contribution in [3.05, 3.63) is 23.8 Å². The lowest BCUT2D eigenvalue weighted by atomic mass is 9.95. The molecule has 1 aromatic rings. The zero-order chi connectivity index (χ0) is 12.5. The molecule has 0 saturated carbocycles. The lowest BCUT2D eigenvalue weighted by Gasteiger charge is -2.19. The van der Waals surface area contributed by atoms with Gasteiger partial charge >= 0.3 is 0 Å². The predicted molar refractivity (Wildman–Crippen MR) is 63.8 cm³/mol. The second-order valence-electron chi connectivity index (χ2n) is 4.58. The number of amides is 1. The van der Waals surface area contributed by atoms with Gasteiger partial charge < -0.3 is 19.9 Å². The molecule has 0 spiro atoms. The van der Waals surface area contributed by atoms with Crippen molar-refractivity contribution in [2.45, 2.75) is 18.4 Å². The van der Waals surface area contributed by atoms with Crippen LogP contribution in [-0.4, -0.2) is 36.9 Å². The zero-order valence-electron chi connectivity index (χ0n) is 9.89. The van der Waals surface area contributed by atoms with Gasteiger partial charge in [-0.2, -0.15) is 0 Å². The van der Waals surface area contributed by atoms with Gasteiger partial charge in [-0.1, -0.05) is 6.07 Å². The summed E-state index contributed by atoms with van der Waals surface area (Å²) in [5.74, 6) is 1.17. The molecule has 5 heteroatoms. The topological polar surface area (TPSA) is 67.8 Å². The highest BCUT2D eigenvalue weighted by molar-refractivity contribution is 5.86. The van der Waals surface area contributed by atoms with E-state index in [0.29, 0.717) is 25.4 Å². The van der Waals surface area contributed by atoms with E-state index >= 15 is 0 Å². The Labute approximate surface area is 105 Å². The maximum Gasteiger partial charge on any atom is 0.227 e. The number of hydrogen-bond acceptors (Lipinski definition) is 4. The Bertz CT molecular complexity index is 474. The quantitative estimate of drug-likeness (QED) is 0.797. The maximum atomic E-state index is 11.8. The molecule has 0 bridgehead atoms. The number of carbonyl (C=O) groups is 1. The van der Waals surface area contributed by atoms with E-state index in [-0.39, 0.29) is 24.5 Å². The molecule has 2 aliphatic rings. The Kier molecular flexibility index (Phi) is 2.83. The lowest BCUT2D eigenvalue weighted by Crippen LogP contribution is -2.28. The molecule has 1 saturated heterocycles. The SMILES string of the molecule is O=C1NC(CO)C[C@H]1c1ccc2c(c1)OCCO2. The van der Waals surface area contributed by atoms with Crippen molar-refractivity contribution < 1.29 is 19.4 Å². The zero-order valence-corrected chi connectivity index (χ0v) is 9.89. The molecule has 18 heavy (non-hydrogen) atoms. The third-order valence-corrected chi connectivity index (χ3v) is 3.37. The molecule has 3 rings (SSSR count). The maximum absolute atomic E-state index is 11.8. The van der Waals surface area contributed by atoms with Crippen molar-refractivity contribution in [1.29, 1.82) is 0 Å². The largest absolute Gasteiger partial charge is 0.486 e. The summed E-state index contributed by atoms with van der Waals surface area (Å²) >= 11 is 0. The van der Waals surface area contributed by atoms with Gasteiger partial charge in [0.15, 0.2) is 11.5 Å². The molecule has 1 amide bonds. The summed E-state index contributed by atoms with van der Waals surface area (Å²) in [4.78, 5) is 11.8. The number of fused-ring (bicyclic) bond motifs is 1. The average Bonchev–Trinajstić information content (AvgIpc) is 2.79. The number of hydrogen-bond donors (Lipinski definition) is 2. The monoisotopic (exact) mass is 249 g/mol. The summed E-state index contributed by atoms with van der Waals surface area (Å²) in [6, 6.07) is 5.44. The van der Waals surface area contributed by atoms with Gasteiger partial charge in [0.05, 0.1) is 18.6 Å². The van der Waals surface area contributed by atoms with Crippen molar-refractivity contribution >= 4 is 5.91 Å². The summed E-state index contributed by atoms with van der Waals surface area (Å²) in [5, 5.41) is 11.9. The van der Waals surface area contributed by atoms with Crippen LogP contribution in [0.3, 0.4) is 0 Å². The van der Waals surface area contributed by atoms with Gasteiger partial charge in [-0.05, 0) is 24.1 Å². The number of aliphatic hydroxyl groups is 1. The molecule has 96 valence electrons. The summed E-state index contributed by atoms with van der Waals surface area (Å²) < 4.78 is 11.0. The molecule has 5 nitrogen and oxygen atoms in total. The molecule has 0 aliphatic carbocycles. The van der Waals surface area contributed by atoms with Crippen molar-refractivity contribution in [2.75, 3.05) is 19.8 Å². The van der Waals surface area contributed by atoms with E-state index in [1.807, 2.05) is 18.2 Å². The highest BCUT2D eigenvalue weighted by atomic mass is 16.6. The number of nitrogens with one attached hydrogen (secondary N) is 1. The molecule has 1 unspecified atom stereocenters. The third-order valence-electron chi connectivity index (χ3n) is 3.37. The van der Waals surface area contributed by atoms with E-state index in [1.165, 1.54) is 0 Å². The van der Waals surface area contributed by atoms with Crippen LogP contribution in [0.2, 0.25) is 0 Å². The van der Waals surface area contributed by atoms with Crippen LogP contribution in [0.4, 0.5) is 0 Å². The van der Waals surface area contributed by atoms with Gasteiger partial charge in [-0.15, -0.1) is 0 Å². The van der Waals surface area contributed by atoms with Crippen LogP contribution in [0.5, 0.6) is 11.5 Å². The minimum absolute atomic E-state index is 0.0210. The molecule has 1 aromatic carbocycles. The van der Waals surface area contributed by atoms with E-state index < -0.39 is 0 Å². The minimum atomic E-state index is -0.210. The molecule has 1 fully saturated rings. The van der Waals surface area contributed by atoms with E-state index in [2.05, 4.69) is 5.32 Å². The van der Waals surface area contributed by atoms with Gasteiger partial charge in [-0.3, -0.25) is 4.79 Å². The van der Waals surface area contributed by atoms with Crippen LogP contribution in [0.1, 0.15) is 17.9 Å². The molecule has 2 aliphatic heterocycles. The van der Waals surface area contributed by atoms with E-state index in [4.69, 9.17) is 14.6 Å². The van der Waals surface area contributed by atoms with Crippen molar-refractivity contribution in [2.24, 2.45) is 0 Å². The Morgan fingerprint density at radius 2 is 2.06 bits per heavy atom. The van der Waals surface area contributed by atoms with Crippen LogP contribution in [0.25, 0.3) is 0 Å². The molecular weight excluding hydrogens is 234 g/mol. The summed E-state index contributed by atoms with van der Waals surface area (Å²) in [6.07, 6.45) is 0.620. The fourth-order valence-electron chi connectivity index (χ4n) is 2.44. The fraction of sp³-hybridized carbons (Fsp3) is 0.462. The second kappa shape index (κ2) is 4.49. The Balaban J connectivity index is 1.86. The number of carbonyl (C=O) groups excluding carboxylic acids is 1. The van der Waals surface area contributed by atoms with Gasteiger partial charge in [0.2, 0.25) is 5.91 Å². The summed E-state index contributed by atoms with van der Waals surface area (Å²) in [6.45, 7) is 1.07. The van der Waals surface area contributed by atoms with Crippen LogP contribution in [-0.2, 0) is 4.79 Å².